The van der Waals surface area contributed by atoms with Gasteiger partial charge in [0.15, 0.2) is 0 Å². The van der Waals surface area contributed by atoms with E-state index >= 15 is 0 Å². The molecule has 3 N–H and O–H groups in total. The van der Waals surface area contributed by atoms with E-state index in [9.17, 15) is 42.5 Å². The predicted molar refractivity (Wildman–Crippen MR) is 263 cm³/mol. The van der Waals surface area contributed by atoms with Crippen LogP contribution in [0.5, 0.6) is 17.4 Å². The van der Waals surface area contributed by atoms with Crippen molar-refractivity contribution in [3.8, 4) is 17.4 Å². The molecule has 2 saturated carbocycles. The number of hydrogen-bond donors (Lipinski definition) is 3. The molecule has 2 heterocycles. The Balaban J connectivity index is 0.000000437. The average molecular weight is 1040 g/mol. The van der Waals surface area contributed by atoms with Crippen LogP contribution in [0.3, 0.4) is 0 Å². The molecule has 0 bridgehead atoms. The van der Waals surface area contributed by atoms with E-state index in [1.165, 1.54) is 49.5 Å². The maximum atomic E-state index is 14.6. The highest BCUT2D eigenvalue weighted by Gasteiger charge is 2.62. The molecule has 3 aliphatic rings. The molecule has 3 aromatic rings. The minimum absolute atomic E-state index is 0.0236. The number of non-ortho nitro benzene ring substituents is 1. The van der Waals surface area contributed by atoms with Gasteiger partial charge in [0.2, 0.25) is 17.7 Å². The summed E-state index contributed by atoms with van der Waals surface area (Å²) < 4.78 is 69.9. The molecule has 1 aromatic heterocycles. The normalized spacial score (nSPS) is 20.5. The first-order valence-corrected chi connectivity index (χ1v) is 24.6. The van der Waals surface area contributed by atoms with Gasteiger partial charge in [-0.15, -0.1) is 6.58 Å². The summed E-state index contributed by atoms with van der Waals surface area (Å²) in [6.07, 6.45) is 1.59. The molecular weight excluding hydrogens is 977 g/mol. The van der Waals surface area contributed by atoms with Crippen molar-refractivity contribution in [2.45, 2.75) is 122 Å². The number of carbonyl (C=O) groups is 5. The number of benzene rings is 2. The fourth-order valence-electron chi connectivity index (χ4n) is 7.91. The van der Waals surface area contributed by atoms with E-state index in [1.54, 1.807) is 86.9 Å². The number of pyridine rings is 1. The van der Waals surface area contributed by atoms with Crippen LogP contribution < -0.4 is 29.6 Å². The highest BCUT2D eigenvalue weighted by atomic mass is 32.2. The van der Waals surface area contributed by atoms with Gasteiger partial charge in [-0.25, -0.2) is 23.5 Å². The van der Waals surface area contributed by atoms with Gasteiger partial charge in [-0.3, -0.25) is 24.5 Å². The molecule has 0 radical (unpaired) electrons. The van der Waals surface area contributed by atoms with Crippen molar-refractivity contribution >= 4 is 56.7 Å². The van der Waals surface area contributed by atoms with Gasteiger partial charge in [0, 0.05) is 50.3 Å². The molecule has 2 aromatic carbocycles. The molecule has 400 valence electrons. The van der Waals surface area contributed by atoms with E-state index < -0.39 is 97.1 Å². The van der Waals surface area contributed by atoms with Gasteiger partial charge < -0.3 is 48.7 Å². The lowest BCUT2D eigenvalue weighted by Gasteiger charge is -2.36. The largest absolute Gasteiger partial charge is 0.514 e. The Bertz CT molecular complexity index is 2650. The number of carbonyl (C=O) groups excluding carboxylic acids is 5. The Morgan fingerprint density at radius 1 is 0.932 bits per heavy atom. The van der Waals surface area contributed by atoms with Crippen molar-refractivity contribution < 1.29 is 74.7 Å². The van der Waals surface area contributed by atoms with Crippen LogP contribution in [0.15, 0.2) is 67.4 Å². The van der Waals surface area contributed by atoms with E-state index in [1.807, 2.05) is 10.8 Å². The third-order valence-corrected chi connectivity index (χ3v) is 13.0. The summed E-state index contributed by atoms with van der Waals surface area (Å²) in [6.45, 7) is 17.5. The minimum atomic E-state index is -4.50. The zero-order valence-electron chi connectivity index (χ0n) is 42.9. The summed E-state index contributed by atoms with van der Waals surface area (Å²) >= 11 is 0. The number of alkyl carbamates (subject to hydrolysis) is 1. The minimum Gasteiger partial charge on any atom is -0.497 e. The van der Waals surface area contributed by atoms with E-state index in [2.05, 4.69) is 22.2 Å². The zero-order valence-corrected chi connectivity index (χ0v) is 43.7. The Kier molecular flexibility index (Phi) is 17.8. The van der Waals surface area contributed by atoms with Gasteiger partial charge >= 0.3 is 22.6 Å². The van der Waals surface area contributed by atoms with Crippen LogP contribution in [0.2, 0.25) is 0 Å². The van der Waals surface area contributed by atoms with Gasteiger partial charge in [0.25, 0.3) is 11.6 Å². The van der Waals surface area contributed by atoms with E-state index in [4.69, 9.17) is 37.3 Å². The number of methoxy groups -OCH3 is 3. The van der Waals surface area contributed by atoms with Crippen LogP contribution in [0.1, 0.15) is 81.1 Å². The molecule has 23 nitrogen and oxygen atoms in total. The number of aromatic nitrogens is 1. The van der Waals surface area contributed by atoms with Crippen LogP contribution in [-0.4, -0.2) is 135 Å². The third kappa shape index (κ3) is 15.4. The average Bonchev–Trinajstić information content (AvgIpc) is 4.15. The lowest BCUT2D eigenvalue weighted by atomic mass is 9.85. The third-order valence-electron chi connectivity index (χ3n) is 11.9. The van der Waals surface area contributed by atoms with Gasteiger partial charge in [-0.05, 0) is 101 Å². The molecule has 2 aliphatic carbocycles. The van der Waals surface area contributed by atoms with Crippen LogP contribution in [0, 0.1) is 21.4 Å². The smallest absolute Gasteiger partial charge is 0.497 e. The van der Waals surface area contributed by atoms with Crippen molar-refractivity contribution in [1.82, 2.24) is 25.2 Å². The number of fused-ring (bicyclic) bond motifs is 1. The molecule has 1 unspecified atom stereocenters. The lowest BCUT2D eigenvalue weighted by Crippen LogP contribution is -2.60. The number of nitrogens with one attached hydrogen (secondary N) is 3. The molecule has 1 aliphatic heterocycles. The Hall–Kier alpha value is -6.63. The molecular formula is C49H66N6O17S. The summed E-state index contributed by atoms with van der Waals surface area (Å²) in [4.78, 5) is 82.7. The van der Waals surface area contributed by atoms with Crippen LogP contribution in [0.25, 0.3) is 10.8 Å². The van der Waals surface area contributed by atoms with Crippen molar-refractivity contribution in [3.05, 3.63) is 77.5 Å². The number of nitro benzene ring substituents is 1. The maximum absolute atomic E-state index is 14.6. The molecule has 24 heteroatoms. The Morgan fingerprint density at radius 2 is 1.55 bits per heavy atom. The lowest BCUT2D eigenvalue weighted by molar-refractivity contribution is -0.384. The topological polar surface area (TPSA) is 289 Å². The second kappa shape index (κ2) is 22.6. The molecule has 5 atom stereocenters. The second-order valence-electron chi connectivity index (χ2n) is 20.5. The second-order valence-corrected chi connectivity index (χ2v) is 21.8. The van der Waals surface area contributed by atoms with Crippen molar-refractivity contribution in [1.29, 1.82) is 0 Å². The maximum Gasteiger partial charge on any atom is 0.514 e. The van der Waals surface area contributed by atoms with Crippen LogP contribution in [-0.2, 0) is 47.8 Å². The molecule has 1 saturated heterocycles. The van der Waals surface area contributed by atoms with E-state index in [0.717, 1.165) is 5.39 Å². The van der Waals surface area contributed by atoms with Crippen LogP contribution in [0.4, 0.5) is 15.3 Å². The van der Waals surface area contributed by atoms with Gasteiger partial charge in [0.05, 0.1) is 37.4 Å². The van der Waals surface area contributed by atoms with Crippen molar-refractivity contribution in [3.63, 3.8) is 0 Å². The zero-order chi connectivity index (χ0) is 54.3. The number of rotatable bonds is 20. The quantitative estimate of drug-likeness (QED) is 0.0403. The first-order chi connectivity index (χ1) is 34.0. The summed E-state index contributed by atoms with van der Waals surface area (Å²) in [5.41, 5.74) is -5.33. The molecule has 73 heavy (non-hydrogen) atoms. The Labute approximate surface area is 424 Å². The standard InChI is InChI=1S/C37H51N5O11S.C12H15NO6/c1-10-23-19-37(23,32(45)41-54(47,48)53-36(7)14-15-36)40-29(43)27-18-25(51-30-26-12-11-24(50-9)17-22(26)13-16-38-30)20-42(27)31(44)28(34(2,3)4)39-33(46)52-35(5,6)21-49-8;1-12(2,8-17-3)19-11(14)18-10-6-4-9(5-7-10)13(15)16/h10-13,16-17,23,25,27-28H,1,14-15,18-21H2,2-9H3,(H,39,46)(H,40,43)(H,41,45);4-7H,8H2,1-3H3/t23-,25?,27+,28-,37-;/m1./s1. The van der Waals surface area contributed by atoms with Crippen molar-refractivity contribution in [2.24, 2.45) is 11.3 Å². The summed E-state index contributed by atoms with van der Waals surface area (Å²) in [6, 6.07) is 9.91. The molecule has 4 amide bonds. The number of amides is 4. The highest BCUT2D eigenvalue weighted by molar-refractivity contribution is 7.85. The molecule has 3 fully saturated rings. The predicted octanol–water partition coefficient (Wildman–Crippen LogP) is 5.68. The highest BCUT2D eigenvalue weighted by Crippen LogP contribution is 2.46. The monoisotopic (exact) mass is 1040 g/mol. The number of ether oxygens (including phenoxy) is 7. The first-order valence-electron chi connectivity index (χ1n) is 23.2. The van der Waals surface area contributed by atoms with Gasteiger partial charge in [-0.1, -0.05) is 26.8 Å². The Morgan fingerprint density at radius 3 is 2.10 bits per heavy atom. The fraction of sp³-hybridized carbons (Fsp3) is 0.551. The fourth-order valence-corrected chi connectivity index (χ4v) is 9.06. The number of likely N-dealkylation sites (tertiary alicyclic amines) is 1. The molecule has 6 rings (SSSR count). The summed E-state index contributed by atoms with van der Waals surface area (Å²) in [7, 11) is 0.0271. The van der Waals surface area contributed by atoms with E-state index in [-0.39, 0.29) is 49.9 Å². The first kappa shape index (κ1) is 57.3. The van der Waals surface area contributed by atoms with Gasteiger partial charge in [-0.2, -0.15) is 8.42 Å². The summed E-state index contributed by atoms with van der Waals surface area (Å²) in [5.74, 6) is -1.85. The van der Waals surface area contributed by atoms with Crippen molar-refractivity contribution in [2.75, 3.05) is 41.1 Å². The SMILES string of the molecule is C=C[C@@H]1C[C@]1(NC(=O)[C@@H]1CC(Oc2nccc3cc(OC)ccc23)CN1C(=O)[C@@H](NC(=O)OC(C)(C)COC)C(C)(C)C)C(=O)NS(=O)(=O)OC1(C)CC1.COCC(C)(C)OC(=O)Oc1ccc([N+](=O)[O-])cc1. The number of nitro groups is 1. The number of nitrogens with zero attached hydrogens (tertiary/aromatic N) is 3. The van der Waals surface area contributed by atoms with E-state index in [0.29, 0.717) is 24.0 Å². The molecule has 0 spiro atoms. The van der Waals surface area contributed by atoms with Gasteiger partial charge in [0.1, 0.15) is 46.4 Å². The van der Waals surface area contributed by atoms with Crippen LogP contribution >= 0.6 is 0 Å². The number of hydrogen-bond acceptors (Lipinski definition) is 18. The summed E-state index contributed by atoms with van der Waals surface area (Å²) in [5, 5.41) is 17.3.